The fourth-order valence-corrected chi connectivity index (χ4v) is 4.36. The predicted octanol–water partition coefficient (Wildman–Crippen LogP) is 4.71. The lowest BCUT2D eigenvalue weighted by Gasteiger charge is -2.38. The van der Waals surface area contributed by atoms with Gasteiger partial charge in [0, 0.05) is 36.3 Å². The number of carbonyl (C=O) groups excluding carboxylic acids is 1. The molecule has 2 aliphatic rings. The van der Waals surface area contributed by atoms with Crippen molar-refractivity contribution >= 4 is 34.6 Å². The van der Waals surface area contributed by atoms with E-state index in [2.05, 4.69) is 43.5 Å². The summed E-state index contributed by atoms with van der Waals surface area (Å²) in [6.45, 7) is 7.05. The van der Waals surface area contributed by atoms with Crippen LogP contribution < -0.4 is 20.3 Å². The van der Waals surface area contributed by atoms with Gasteiger partial charge >= 0.3 is 0 Å². The van der Waals surface area contributed by atoms with E-state index in [0.717, 1.165) is 42.1 Å². The molecule has 1 fully saturated rings. The molecule has 2 aromatic rings. The minimum atomic E-state index is -0.272. The summed E-state index contributed by atoms with van der Waals surface area (Å²) in [5.74, 6) is 1.08. The van der Waals surface area contributed by atoms with Crippen LogP contribution in [0.15, 0.2) is 42.5 Å². The zero-order chi connectivity index (χ0) is 20.6. The molecule has 2 N–H and O–H groups in total. The van der Waals surface area contributed by atoms with Crippen molar-refractivity contribution < 1.29 is 9.53 Å². The van der Waals surface area contributed by atoms with Crippen molar-refractivity contribution in [2.24, 2.45) is 0 Å². The Morgan fingerprint density at radius 3 is 2.83 bits per heavy atom. The normalized spacial score (nSPS) is 20.0. The molecular weight excluding hydrogens is 382 g/mol. The molecule has 1 saturated heterocycles. The number of fused-ring (bicyclic) bond motifs is 1. The Labute approximate surface area is 177 Å². The van der Waals surface area contributed by atoms with Gasteiger partial charge in [0.2, 0.25) is 5.91 Å². The summed E-state index contributed by atoms with van der Waals surface area (Å²) in [6.07, 6.45) is 2.35. The maximum Gasteiger partial charge on any atom is 0.227 e. The van der Waals surface area contributed by atoms with Crippen LogP contribution in [0, 0.1) is 6.92 Å². The largest absolute Gasteiger partial charge is 0.487 e. The van der Waals surface area contributed by atoms with Crippen molar-refractivity contribution in [3.63, 3.8) is 0 Å². The molecule has 1 amide bonds. The van der Waals surface area contributed by atoms with Crippen molar-refractivity contribution in [2.45, 2.75) is 51.7 Å². The second kappa shape index (κ2) is 7.67. The third-order valence-corrected chi connectivity index (χ3v) is 5.64. The third-order valence-electron chi connectivity index (χ3n) is 5.42. The Balaban J connectivity index is 1.49. The predicted molar refractivity (Wildman–Crippen MR) is 121 cm³/mol. The zero-order valence-corrected chi connectivity index (χ0v) is 17.9. The van der Waals surface area contributed by atoms with E-state index in [1.54, 1.807) is 0 Å². The van der Waals surface area contributed by atoms with Gasteiger partial charge in [-0.2, -0.15) is 0 Å². The summed E-state index contributed by atoms with van der Waals surface area (Å²) in [5, 5.41) is 7.31. The van der Waals surface area contributed by atoms with E-state index in [9.17, 15) is 4.79 Å². The Kier molecular flexibility index (Phi) is 5.21. The van der Waals surface area contributed by atoms with Crippen LogP contribution in [0.5, 0.6) is 5.75 Å². The van der Waals surface area contributed by atoms with Crippen LogP contribution in [-0.4, -0.2) is 23.2 Å². The van der Waals surface area contributed by atoms with Crippen LogP contribution in [0.25, 0.3) is 0 Å². The Morgan fingerprint density at radius 2 is 2.07 bits per heavy atom. The van der Waals surface area contributed by atoms with E-state index >= 15 is 0 Å². The quantitative estimate of drug-likeness (QED) is 0.719. The molecule has 0 aromatic heterocycles. The van der Waals surface area contributed by atoms with Crippen LogP contribution in [0.2, 0.25) is 0 Å². The number of ether oxygens (including phenoxy) is 1. The second-order valence-electron chi connectivity index (χ2n) is 8.46. The average Bonchev–Trinajstić information content (AvgIpc) is 3.08. The summed E-state index contributed by atoms with van der Waals surface area (Å²) < 4.78 is 6.15. The molecule has 0 aliphatic carbocycles. The third kappa shape index (κ3) is 4.37. The summed E-state index contributed by atoms with van der Waals surface area (Å²) >= 11 is 5.61. The molecule has 4 rings (SSSR count). The number of nitrogens with one attached hydrogen (secondary N) is 2. The Hall–Kier alpha value is -2.60. The number of rotatable bonds is 3. The molecule has 1 unspecified atom stereocenters. The lowest BCUT2D eigenvalue weighted by molar-refractivity contribution is -0.117. The molecule has 1 atom stereocenters. The van der Waals surface area contributed by atoms with Crippen molar-refractivity contribution in [3.05, 3.63) is 53.6 Å². The molecule has 2 heterocycles. The highest BCUT2D eigenvalue weighted by Crippen LogP contribution is 2.40. The number of amides is 1. The maximum absolute atomic E-state index is 12.0. The van der Waals surface area contributed by atoms with Gasteiger partial charge in [0.15, 0.2) is 5.11 Å². The number of carbonyl (C=O) groups is 1. The first-order chi connectivity index (χ1) is 13.8. The van der Waals surface area contributed by atoms with Crippen LogP contribution >= 0.6 is 12.2 Å². The van der Waals surface area contributed by atoms with E-state index in [1.165, 1.54) is 5.56 Å². The van der Waals surface area contributed by atoms with E-state index in [1.807, 2.05) is 35.2 Å². The highest BCUT2D eigenvalue weighted by atomic mass is 32.1. The Morgan fingerprint density at radius 1 is 1.24 bits per heavy atom. The molecule has 6 heteroatoms. The molecule has 152 valence electrons. The van der Waals surface area contributed by atoms with Crippen molar-refractivity contribution in [1.29, 1.82) is 0 Å². The fraction of sp³-hybridized carbons (Fsp3) is 0.391. The first-order valence-corrected chi connectivity index (χ1v) is 10.5. The number of hydrogen-bond acceptors (Lipinski definition) is 3. The van der Waals surface area contributed by atoms with Gasteiger partial charge < -0.3 is 20.3 Å². The number of benzene rings is 2. The number of thiocarbonyl (C=S) groups is 1. The minimum absolute atomic E-state index is 0.0667. The lowest BCUT2D eigenvalue weighted by Crippen LogP contribution is -2.42. The average molecular weight is 410 g/mol. The lowest BCUT2D eigenvalue weighted by atomic mass is 9.89. The minimum Gasteiger partial charge on any atom is -0.487 e. The van der Waals surface area contributed by atoms with Crippen molar-refractivity contribution in [2.75, 3.05) is 16.8 Å². The number of nitrogens with zero attached hydrogens (tertiary/aromatic N) is 1. The molecule has 2 aliphatic heterocycles. The molecule has 0 spiro atoms. The summed E-state index contributed by atoms with van der Waals surface area (Å²) in [5.41, 5.74) is 3.83. The van der Waals surface area contributed by atoms with Gasteiger partial charge in [0.05, 0.1) is 6.04 Å². The molecule has 0 bridgehead atoms. The fourth-order valence-electron chi connectivity index (χ4n) is 4.10. The number of aryl methyl sites for hydroxylation is 1. The van der Waals surface area contributed by atoms with Gasteiger partial charge in [-0.05, 0) is 63.7 Å². The molecular formula is C23H27N3O2S. The monoisotopic (exact) mass is 409 g/mol. The van der Waals surface area contributed by atoms with Gasteiger partial charge in [-0.25, -0.2) is 0 Å². The SMILES string of the molecule is Cc1ccc2c(c1)C(NC(=S)Nc1cccc(N3CCCC3=O)c1)CC(C)(C)O2. The maximum atomic E-state index is 12.0. The zero-order valence-electron chi connectivity index (χ0n) is 17.1. The van der Waals surface area contributed by atoms with E-state index in [4.69, 9.17) is 17.0 Å². The molecule has 0 saturated carbocycles. The number of hydrogen-bond donors (Lipinski definition) is 2. The summed E-state index contributed by atoms with van der Waals surface area (Å²) in [6, 6.07) is 14.2. The van der Waals surface area contributed by atoms with Crippen LogP contribution in [0.1, 0.15) is 50.3 Å². The highest BCUT2D eigenvalue weighted by Gasteiger charge is 2.34. The molecule has 0 radical (unpaired) electrons. The smallest absolute Gasteiger partial charge is 0.227 e. The molecule has 2 aromatic carbocycles. The number of anilines is 2. The van der Waals surface area contributed by atoms with Crippen molar-refractivity contribution in [3.8, 4) is 5.75 Å². The van der Waals surface area contributed by atoms with Gasteiger partial charge in [-0.3, -0.25) is 4.79 Å². The van der Waals surface area contributed by atoms with Gasteiger partial charge in [-0.15, -0.1) is 0 Å². The van der Waals surface area contributed by atoms with E-state index in [0.29, 0.717) is 11.5 Å². The molecule has 5 nitrogen and oxygen atoms in total. The van der Waals surface area contributed by atoms with E-state index < -0.39 is 0 Å². The first-order valence-electron chi connectivity index (χ1n) is 10.1. The second-order valence-corrected chi connectivity index (χ2v) is 8.87. The van der Waals surface area contributed by atoms with Crippen LogP contribution in [-0.2, 0) is 4.79 Å². The van der Waals surface area contributed by atoms with E-state index in [-0.39, 0.29) is 17.6 Å². The molecule has 29 heavy (non-hydrogen) atoms. The van der Waals surface area contributed by atoms with Crippen molar-refractivity contribution in [1.82, 2.24) is 5.32 Å². The standard InChI is InChI=1S/C23H27N3O2S/c1-15-9-10-20-18(12-15)19(14-23(2,3)28-20)25-22(29)24-16-6-4-7-17(13-16)26-11-5-8-21(26)27/h4,6-7,9-10,12-13,19H,5,8,11,14H2,1-3H3,(H2,24,25,29). The van der Waals surface area contributed by atoms with Gasteiger partial charge in [0.1, 0.15) is 11.4 Å². The first kappa shape index (κ1) is 19.7. The van der Waals surface area contributed by atoms with Crippen LogP contribution in [0.3, 0.4) is 0 Å². The summed E-state index contributed by atoms with van der Waals surface area (Å²) in [7, 11) is 0. The Bertz CT molecular complexity index is 957. The van der Waals surface area contributed by atoms with Gasteiger partial charge in [0.25, 0.3) is 0 Å². The topological polar surface area (TPSA) is 53.6 Å². The van der Waals surface area contributed by atoms with Crippen LogP contribution in [0.4, 0.5) is 11.4 Å². The highest BCUT2D eigenvalue weighted by molar-refractivity contribution is 7.80. The van der Waals surface area contributed by atoms with Gasteiger partial charge in [-0.1, -0.05) is 23.8 Å². The summed E-state index contributed by atoms with van der Waals surface area (Å²) in [4.78, 5) is 13.9.